The van der Waals surface area contributed by atoms with Crippen LogP contribution in [-0.4, -0.2) is 16.8 Å². The molecule has 2 rings (SSSR count). The maximum absolute atomic E-state index is 10.5. The van der Waals surface area contributed by atoms with E-state index in [4.69, 9.17) is 9.52 Å². The molecule has 3 heteroatoms. The minimum Gasteiger partial charge on any atom is -0.466 e. The van der Waals surface area contributed by atoms with E-state index < -0.39 is 6.10 Å². The van der Waals surface area contributed by atoms with Gasteiger partial charge in [0.15, 0.2) is 0 Å². The van der Waals surface area contributed by atoms with Crippen molar-refractivity contribution in [3.8, 4) is 0 Å². The second-order valence-corrected chi connectivity index (χ2v) is 4.65. The van der Waals surface area contributed by atoms with E-state index >= 15 is 0 Å². The lowest BCUT2D eigenvalue weighted by Gasteiger charge is -2.14. The van der Waals surface area contributed by atoms with Gasteiger partial charge in [0, 0.05) is 18.6 Å². The molecular formula is C16H20O3. The highest BCUT2D eigenvalue weighted by atomic mass is 16.3. The van der Waals surface area contributed by atoms with Gasteiger partial charge in [-0.05, 0) is 30.5 Å². The van der Waals surface area contributed by atoms with Gasteiger partial charge >= 0.3 is 0 Å². The zero-order chi connectivity index (χ0) is 13.8. The summed E-state index contributed by atoms with van der Waals surface area (Å²) in [6.07, 6.45) is 0.656. The van der Waals surface area contributed by atoms with Crippen molar-refractivity contribution < 1.29 is 14.6 Å². The Morgan fingerprint density at radius 2 is 1.95 bits per heavy atom. The smallest absolute Gasteiger partial charge is 0.108 e. The molecule has 102 valence electrons. The lowest BCUT2D eigenvalue weighted by Crippen LogP contribution is -2.05. The van der Waals surface area contributed by atoms with Crippen LogP contribution in [0.25, 0.3) is 0 Å². The molecular weight excluding hydrogens is 240 g/mol. The van der Waals surface area contributed by atoms with Gasteiger partial charge in [-0.15, -0.1) is 0 Å². The summed E-state index contributed by atoms with van der Waals surface area (Å²) in [5, 5.41) is 19.6. The summed E-state index contributed by atoms with van der Waals surface area (Å²) >= 11 is 0. The second-order valence-electron chi connectivity index (χ2n) is 4.65. The van der Waals surface area contributed by atoms with Crippen LogP contribution < -0.4 is 0 Å². The lowest BCUT2D eigenvalue weighted by molar-refractivity contribution is 0.215. The van der Waals surface area contributed by atoms with E-state index in [9.17, 15) is 5.11 Å². The zero-order valence-corrected chi connectivity index (χ0v) is 11.4. The molecule has 0 saturated heterocycles. The van der Waals surface area contributed by atoms with Crippen molar-refractivity contribution in [3.05, 3.63) is 58.5 Å². The molecule has 2 N–H and O–H groups in total. The average Bonchev–Trinajstić information content (AvgIpc) is 2.80. The highest BCUT2D eigenvalue weighted by Gasteiger charge is 2.19. The largest absolute Gasteiger partial charge is 0.466 e. The quantitative estimate of drug-likeness (QED) is 0.869. The fraction of sp³-hybridized carbons (Fsp3) is 0.375. The predicted octanol–water partition coefficient (Wildman–Crippen LogP) is 2.77. The summed E-state index contributed by atoms with van der Waals surface area (Å²) in [6, 6.07) is 9.56. The third-order valence-corrected chi connectivity index (χ3v) is 3.38. The summed E-state index contributed by atoms with van der Waals surface area (Å²) in [5.41, 5.74) is 2.61. The van der Waals surface area contributed by atoms with Crippen molar-refractivity contribution in [3.63, 3.8) is 0 Å². The number of rotatable bonds is 5. The Bertz CT molecular complexity index is 543. The molecule has 0 saturated carbocycles. The Kier molecular flexibility index (Phi) is 4.40. The lowest BCUT2D eigenvalue weighted by atomic mass is 9.95. The van der Waals surface area contributed by atoms with Crippen LogP contribution in [0.5, 0.6) is 0 Å². The molecule has 1 aromatic heterocycles. The number of hydrogen-bond donors (Lipinski definition) is 2. The maximum Gasteiger partial charge on any atom is 0.108 e. The molecule has 19 heavy (non-hydrogen) atoms. The average molecular weight is 260 g/mol. The van der Waals surface area contributed by atoms with Gasteiger partial charge in [-0.1, -0.05) is 31.2 Å². The van der Waals surface area contributed by atoms with Gasteiger partial charge in [0.25, 0.3) is 0 Å². The number of hydrogen-bond acceptors (Lipinski definition) is 3. The minimum absolute atomic E-state index is 0.0777. The van der Waals surface area contributed by atoms with Crippen molar-refractivity contribution >= 4 is 0 Å². The Labute approximate surface area is 113 Å². The van der Waals surface area contributed by atoms with Gasteiger partial charge < -0.3 is 14.6 Å². The first-order chi connectivity index (χ1) is 9.17. The third kappa shape index (κ3) is 2.88. The van der Waals surface area contributed by atoms with Gasteiger partial charge in [0.05, 0.1) is 0 Å². The van der Waals surface area contributed by atoms with Crippen molar-refractivity contribution in [1.82, 2.24) is 0 Å². The van der Waals surface area contributed by atoms with Crippen LogP contribution in [0.1, 0.15) is 41.2 Å². The number of benzene rings is 1. The van der Waals surface area contributed by atoms with Crippen molar-refractivity contribution in [2.45, 2.75) is 32.8 Å². The highest BCUT2D eigenvalue weighted by Crippen LogP contribution is 2.29. The standard InChI is InChI=1S/C16H20O3/c1-3-13-10-15(11(2)19-13)16(18)14-7-5-4-6-12(14)8-9-17/h4-7,10,16-18H,3,8-9H2,1-2H3. The van der Waals surface area contributed by atoms with E-state index in [0.29, 0.717) is 6.42 Å². The zero-order valence-electron chi connectivity index (χ0n) is 11.4. The van der Waals surface area contributed by atoms with E-state index in [1.165, 1.54) is 0 Å². The Morgan fingerprint density at radius 3 is 2.58 bits per heavy atom. The summed E-state index contributed by atoms with van der Waals surface area (Å²) < 4.78 is 5.60. The molecule has 0 aliphatic rings. The van der Waals surface area contributed by atoms with E-state index in [2.05, 4.69) is 0 Å². The van der Waals surface area contributed by atoms with Crippen molar-refractivity contribution in [2.24, 2.45) is 0 Å². The Hall–Kier alpha value is -1.58. The molecule has 0 amide bonds. The number of aliphatic hydroxyl groups is 2. The predicted molar refractivity (Wildman–Crippen MR) is 74.1 cm³/mol. The van der Waals surface area contributed by atoms with Crippen LogP contribution in [0, 0.1) is 6.92 Å². The summed E-state index contributed by atoms with van der Waals surface area (Å²) in [7, 11) is 0. The van der Waals surface area contributed by atoms with Crippen molar-refractivity contribution in [1.29, 1.82) is 0 Å². The Balaban J connectivity index is 2.37. The van der Waals surface area contributed by atoms with Gasteiger partial charge in [0.2, 0.25) is 0 Å². The summed E-state index contributed by atoms with van der Waals surface area (Å²) in [5.74, 6) is 1.63. The first kappa shape index (κ1) is 13.8. The van der Waals surface area contributed by atoms with E-state index in [0.717, 1.165) is 34.6 Å². The SMILES string of the molecule is CCc1cc(C(O)c2ccccc2CCO)c(C)o1. The van der Waals surface area contributed by atoms with Crippen LogP contribution in [0.2, 0.25) is 0 Å². The molecule has 0 bridgehead atoms. The van der Waals surface area contributed by atoms with E-state index in [-0.39, 0.29) is 6.61 Å². The fourth-order valence-corrected chi connectivity index (χ4v) is 2.32. The molecule has 0 radical (unpaired) electrons. The highest BCUT2D eigenvalue weighted by molar-refractivity contribution is 5.37. The third-order valence-electron chi connectivity index (χ3n) is 3.38. The minimum atomic E-state index is -0.702. The first-order valence-electron chi connectivity index (χ1n) is 6.63. The molecule has 0 spiro atoms. The monoisotopic (exact) mass is 260 g/mol. The molecule has 1 atom stereocenters. The van der Waals surface area contributed by atoms with Crippen LogP contribution >= 0.6 is 0 Å². The molecule has 1 unspecified atom stereocenters. The first-order valence-corrected chi connectivity index (χ1v) is 6.63. The molecule has 0 aliphatic heterocycles. The molecule has 1 heterocycles. The molecule has 2 aromatic rings. The van der Waals surface area contributed by atoms with Crippen LogP contribution in [-0.2, 0) is 12.8 Å². The molecule has 1 aromatic carbocycles. The topological polar surface area (TPSA) is 53.6 Å². The number of aryl methyl sites for hydroxylation is 2. The Morgan fingerprint density at radius 1 is 1.21 bits per heavy atom. The van der Waals surface area contributed by atoms with Crippen molar-refractivity contribution in [2.75, 3.05) is 6.61 Å². The normalized spacial score (nSPS) is 12.6. The van der Waals surface area contributed by atoms with E-state index in [1.54, 1.807) is 0 Å². The van der Waals surface area contributed by atoms with Crippen LogP contribution in [0.4, 0.5) is 0 Å². The fourth-order valence-electron chi connectivity index (χ4n) is 2.32. The second kappa shape index (κ2) is 6.04. The van der Waals surface area contributed by atoms with Gasteiger partial charge in [-0.25, -0.2) is 0 Å². The van der Waals surface area contributed by atoms with Gasteiger partial charge in [0.1, 0.15) is 17.6 Å². The van der Waals surface area contributed by atoms with Gasteiger partial charge in [-0.3, -0.25) is 0 Å². The summed E-state index contributed by atoms with van der Waals surface area (Å²) in [6.45, 7) is 3.97. The van der Waals surface area contributed by atoms with Gasteiger partial charge in [-0.2, -0.15) is 0 Å². The van der Waals surface area contributed by atoms with E-state index in [1.807, 2.05) is 44.2 Å². The van der Waals surface area contributed by atoms with Crippen LogP contribution in [0.15, 0.2) is 34.7 Å². The summed E-state index contributed by atoms with van der Waals surface area (Å²) in [4.78, 5) is 0. The molecule has 3 nitrogen and oxygen atoms in total. The number of furan rings is 1. The molecule has 0 fully saturated rings. The molecule has 0 aliphatic carbocycles. The van der Waals surface area contributed by atoms with Crippen LogP contribution in [0.3, 0.4) is 0 Å². The number of aliphatic hydroxyl groups excluding tert-OH is 2. The maximum atomic E-state index is 10.5.